The third kappa shape index (κ3) is 3.61. The molecule has 3 heterocycles. The number of benzene rings is 2. The number of piperidine rings is 3. The van der Waals surface area contributed by atoms with Crippen LogP contribution in [0.1, 0.15) is 23.2 Å². The van der Waals surface area contributed by atoms with Crippen LogP contribution in [0, 0.1) is 5.92 Å². The number of hydrogen-bond acceptors (Lipinski definition) is 4. The Morgan fingerprint density at radius 1 is 1.00 bits per heavy atom. The molecule has 1 unspecified atom stereocenters. The lowest BCUT2D eigenvalue weighted by atomic mass is 9.84. The monoisotopic (exact) mass is 337 g/mol. The third-order valence-corrected chi connectivity index (χ3v) is 5.20. The minimum atomic E-state index is -0.00205. The molecular formula is C20H23N3O2. The van der Waals surface area contributed by atoms with E-state index >= 15 is 0 Å². The molecule has 5 heteroatoms. The highest BCUT2D eigenvalue weighted by Crippen LogP contribution is 2.28. The molecule has 2 bridgehead atoms. The topological polar surface area (TPSA) is 67.6 Å². The van der Waals surface area contributed by atoms with Gasteiger partial charge in [0.25, 0.3) is 5.91 Å². The number of ether oxygens (including phenoxy) is 1. The molecule has 0 radical (unpaired) electrons. The minimum absolute atomic E-state index is 0.00205. The van der Waals surface area contributed by atoms with Gasteiger partial charge in [-0.15, -0.1) is 0 Å². The summed E-state index contributed by atoms with van der Waals surface area (Å²) in [7, 11) is 0. The molecule has 5 rings (SSSR count). The van der Waals surface area contributed by atoms with E-state index in [1.165, 1.54) is 25.9 Å². The summed E-state index contributed by atoms with van der Waals surface area (Å²) in [5.74, 6) is 2.04. The van der Waals surface area contributed by atoms with Crippen molar-refractivity contribution in [3.63, 3.8) is 0 Å². The van der Waals surface area contributed by atoms with E-state index in [1.807, 2.05) is 36.4 Å². The van der Waals surface area contributed by atoms with Gasteiger partial charge in [0.1, 0.15) is 11.5 Å². The number of carbonyl (C=O) groups excluding carboxylic acids is 1. The summed E-state index contributed by atoms with van der Waals surface area (Å²) in [6, 6.07) is 14.8. The van der Waals surface area contributed by atoms with Crippen LogP contribution in [-0.2, 0) is 0 Å². The zero-order valence-electron chi connectivity index (χ0n) is 14.2. The number of rotatable bonds is 4. The van der Waals surface area contributed by atoms with Gasteiger partial charge in [-0.1, -0.05) is 0 Å². The smallest absolute Gasteiger partial charge is 0.251 e. The van der Waals surface area contributed by atoms with Crippen molar-refractivity contribution in [2.24, 2.45) is 5.92 Å². The molecule has 3 saturated heterocycles. The molecule has 3 fully saturated rings. The van der Waals surface area contributed by atoms with Gasteiger partial charge in [-0.25, -0.2) is 0 Å². The summed E-state index contributed by atoms with van der Waals surface area (Å²) in [4.78, 5) is 15.0. The van der Waals surface area contributed by atoms with Crippen molar-refractivity contribution in [2.45, 2.75) is 18.9 Å². The predicted octanol–water partition coefficient (Wildman–Crippen LogP) is 2.89. The average molecular weight is 337 g/mol. The van der Waals surface area contributed by atoms with Crippen molar-refractivity contribution in [1.82, 2.24) is 10.2 Å². The van der Waals surface area contributed by atoms with Gasteiger partial charge in [0, 0.05) is 23.8 Å². The highest BCUT2D eigenvalue weighted by atomic mass is 16.5. The number of hydrogen-bond donors (Lipinski definition) is 2. The SMILES string of the molecule is Nc1ccc(Oc2ccc(C(=O)NC3CN4CCC3CC4)cc2)cc1. The quantitative estimate of drug-likeness (QED) is 0.842. The number of nitrogens with zero attached hydrogens (tertiary/aromatic N) is 1. The fourth-order valence-corrected chi connectivity index (χ4v) is 3.73. The normalized spacial score (nSPS) is 24.7. The van der Waals surface area contributed by atoms with E-state index in [1.54, 1.807) is 12.1 Å². The van der Waals surface area contributed by atoms with Crippen LogP contribution >= 0.6 is 0 Å². The van der Waals surface area contributed by atoms with Crippen LogP contribution < -0.4 is 15.8 Å². The zero-order valence-corrected chi connectivity index (χ0v) is 14.2. The van der Waals surface area contributed by atoms with Gasteiger partial charge in [-0.05, 0) is 80.4 Å². The summed E-state index contributed by atoms with van der Waals surface area (Å²) in [5.41, 5.74) is 7.04. The van der Waals surface area contributed by atoms with Crippen molar-refractivity contribution in [3.05, 3.63) is 54.1 Å². The maximum absolute atomic E-state index is 12.5. The van der Waals surface area contributed by atoms with E-state index in [0.29, 0.717) is 22.9 Å². The minimum Gasteiger partial charge on any atom is -0.457 e. The first-order valence-corrected chi connectivity index (χ1v) is 8.84. The fraction of sp³-hybridized carbons (Fsp3) is 0.350. The van der Waals surface area contributed by atoms with E-state index in [-0.39, 0.29) is 11.9 Å². The first kappa shape index (κ1) is 16.0. The van der Waals surface area contributed by atoms with Crippen LogP contribution in [-0.4, -0.2) is 36.5 Å². The van der Waals surface area contributed by atoms with Gasteiger partial charge < -0.3 is 20.7 Å². The average Bonchev–Trinajstić information content (AvgIpc) is 2.65. The molecule has 3 aliphatic heterocycles. The molecule has 0 aromatic heterocycles. The molecule has 130 valence electrons. The number of nitrogens with two attached hydrogens (primary N) is 1. The molecule has 0 aliphatic carbocycles. The number of anilines is 1. The molecule has 25 heavy (non-hydrogen) atoms. The highest BCUT2D eigenvalue weighted by Gasteiger charge is 2.34. The van der Waals surface area contributed by atoms with E-state index in [2.05, 4.69) is 10.2 Å². The molecule has 2 aromatic carbocycles. The lowest BCUT2D eigenvalue weighted by molar-refractivity contribution is 0.0620. The second-order valence-electron chi connectivity index (χ2n) is 6.91. The van der Waals surface area contributed by atoms with Crippen molar-refractivity contribution in [2.75, 3.05) is 25.4 Å². The molecule has 5 nitrogen and oxygen atoms in total. The van der Waals surface area contributed by atoms with Gasteiger partial charge in [0.2, 0.25) is 0 Å². The Balaban J connectivity index is 1.38. The number of amides is 1. The van der Waals surface area contributed by atoms with E-state index in [0.717, 1.165) is 12.3 Å². The van der Waals surface area contributed by atoms with Gasteiger partial charge in [0.05, 0.1) is 0 Å². The van der Waals surface area contributed by atoms with Crippen LogP contribution in [0.2, 0.25) is 0 Å². The van der Waals surface area contributed by atoms with Crippen molar-refractivity contribution < 1.29 is 9.53 Å². The van der Waals surface area contributed by atoms with Gasteiger partial charge in [-0.2, -0.15) is 0 Å². The van der Waals surface area contributed by atoms with Crippen LogP contribution in [0.4, 0.5) is 5.69 Å². The van der Waals surface area contributed by atoms with Gasteiger partial charge in [-0.3, -0.25) is 4.79 Å². The summed E-state index contributed by atoms with van der Waals surface area (Å²) < 4.78 is 5.76. The van der Waals surface area contributed by atoms with Crippen LogP contribution in [0.3, 0.4) is 0 Å². The largest absolute Gasteiger partial charge is 0.457 e. The Hall–Kier alpha value is -2.53. The second-order valence-corrected chi connectivity index (χ2v) is 6.91. The first-order chi connectivity index (χ1) is 12.2. The Bertz CT molecular complexity index is 735. The maximum Gasteiger partial charge on any atom is 0.251 e. The van der Waals surface area contributed by atoms with Crippen molar-refractivity contribution >= 4 is 11.6 Å². The molecular weight excluding hydrogens is 314 g/mol. The van der Waals surface area contributed by atoms with E-state index in [9.17, 15) is 4.79 Å². The van der Waals surface area contributed by atoms with Crippen molar-refractivity contribution in [1.29, 1.82) is 0 Å². The molecule has 2 aromatic rings. The number of nitrogens with one attached hydrogen (secondary N) is 1. The Labute approximate surface area is 147 Å². The molecule has 1 atom stereocenters. The van der Waals surface area contributed by atoms with Crippen LogP contribution in [0.15, 0.2) is 48.5 Å². The van der Waals surface area contributed by atoms with Gasteiger partial charge >= 0.3 is 0 Å². The Kier molecular flexibility index (Phi) is 4.32. The number of nitrogen functional groups attached to an aromatic ring is 1. The number of carbonyl (C=O) groups is 1. The predicted molar refractivity (Wildman–Crippen MR) is 97.8 cm³/mol. The molecule has 1 amide bonds. The highest BCUT2D eigenvalue weighted by molar-refractivity contribution is 5.94. The molecule has 3 aliphatic rings. The maximum atomic E-state index is 12.5. The third-order valence-electron chi connectivity index (χ3n) is 5.20. The lowest BCUT2D eigenvalue weighted by Gasteiger charge is -2.44. The summed E-state index contributed by atoms with van der Waals surface area (Å²) in [6.07, 6.45) is 2.39. The summed E-state index contributed by atoms with van der Waals surface area (Å²) >= 11 is 0. The van der Waals surface area contributed by atoms with E-state index < -0.39 is 0 Å². The Morgan fingerprint density at radius 2 is 1.60 bits per heavy atom. The lowest BCUT2D eigenvalue weighted by Crippen LogP contribution is -2.57. The fourth-order valence-electron chi connectivity index (χ4n) is 3.73. The summed E-state index contributed by atoms with van der Waals surface area (Å²) in [6.45, 7) is 3.33. The number of fused-ring (bicyclic) bond motifs is 3. The second kappa shape index (κ2) is 6.76. The summed E-state index contributed by atoms with van der Waals surface area (Å²) in [5, 5.41) is 3.21. The van der Waals surface area contributed by atoms with Crippen LogP contribution in [0.5, 0.6) is 11.5 Å². The molecule has 0 saturated carbocycles. The van der Waals surface area contributed by atoms with Gasteiger partial charge in [0.15, 0.2) is 0 Å². The van der Waals surface area contributed by atoms with Crippen LogP contribution in [0.25, 0.3) is 0 Å². The van der Waals surface area contributed by atoms with Crippen molar-refractivity contribution in [3.8, 4) is 11.5 Å². The van der Waals surface area contributed by atoms with E-state index in [4.69, 9.17) is 10.5 Å². The molecule has 3 N–H and O–H groups in total. The zero-order chi connectivity index (χ0) is 17.2. The Morgan fingerprint density at radius 3 is 2.16 bits per heavy atom. The standard InChI is InChI=1S/C20H23N3O2/c21-16-3-7-18(8-4-16)25-17-5-1-15(2-6-17)20(24)22-19-13-23-11-9-14(19)10-12-23/h1-8,14,19H,9-13,21H2,(H,22,24). The molecule has 0 spiro atoms. The first-order valence-electron chi connectivity index (χ1n) is 8.84.